The van der Waals surface area contributed by atoms with Crippen molar-refractivity contribution in [1.29, 1.82) is 0 Å². The van der Waals surface area contributed by atoms with Gasteiger partial charge in [0.1, 0.15) is 5.75 Å². The number of aliphatic imine (C=N–C) groups is 2. The maximum atomic E-state index is 9.82. The van der Waals surface area contributed by atoms with E-state index in [1.54, 1.807) is 18.3 Å². The van der Waals surface area contributed by atoms with Crippen LogP contribution in [0.25, 0.3) is 0 Å². The summed E-state index contributed by atoms with van der Waals surface area (Å²) in [5.74, 6) is 0.218. The van der Waals surface area contributed by atoms with Crippen LogP contribution in [0.3, 0.4) is 0 Å². The minimum absolute atomic E-state index is 0.218. The lowest BCUT2D eigenvalue weighted by molar-refractivity contribution is 0.0710. The Balaban J connectivity index is 1.93. The van der Waals surface area contributed by atoms with E-state index in [4.69, 9.17) is 18.3 Å². The van der Waals surface area contributed by atoms with E-state index in [1.807, 2.05) is 64.1 Å². The molecule has 0 radical (unpaired) electrons. The first kappa shape index (κ1) is 24.9. The fourth-order valence-corrected chi connectivity index (χ4v) is 5.76. The van der Waals surface area contributed by atoms with Crippen LogP contribution in [-0.2, 0) is 13.3 Å². The van der Waals surface area contributed by atoms with E-state index >= 15 is 0 Å². The first-order valence-corrected chi connectivity index (χ1v) is 12.8. The van der Waals surface area contributed by atoms with E-state index in [1.165, 1.54) is 0 Å². The summed E-state index contributed by atoms with van der Waals surface area (Å²) in [6.07, 6.45) is 2.52. The quantitative estimate of drug-likeness (QED) is 0.256. The third kappa shape index (κ3) is 8.03. The normalized spacial score (nSPS) is 12.6. The molecule has 6 nitrogen and oxygen atoms in total. The number of rotatable bonds is 13. The molecule has 0 aliphatic carbocycles. The summed E-state index contributed by atoms with van der Waals surface area (Å²) >= 11 is 0. The van der Waals surface area contributed by atoms with E-state index in [-0.39, 0.29) is 5.75 Å². The van der Waals surface area contributed by atoms with Crippen molar-refractivity contribution < 1.29 is 18.4 Å². The van der Waals surface area contributed by atoms with Crippen molar-refractivity contribution in [1.82, 2.24) is 0 Å². The highest BCUT2D eigenvalue weighted by atomic mass is 28.4. The zero-order valence-electron chi connectivity index (χ0n) is 19.0. The van der Waals surface area contributed by atoms with E-state index in [0.29, 0.717) is 31.9 Å². The first-order chi connectivity index (χ1) is 15.0. The standard InChI is InChI=1S/C24H34N2O4Si/c1-5-28-31(29-6-2,30-7-3)18-10-17-25-20(4)21-13-15-23(16-14-21)26-19-22-11-8-9-12-24(22)27/h8-9,11-16,19,27H,5-7,10,17-18H2,1-4H3. The summed E-state index contributed by atoms with van der Waals surface area (Å²) in [7, 11) is -2.60. The Morgan fingerprint density at radius 3 is 2.13 bits per heavy atom. The molecule has 0 spiro atoms. The van der Waals surface area contributed by atoms with Crippen LogP contribution in [0.1, 0.15) is 45.2 Å². The maximum absolute atomic E-state index is 9.82. The lowest BCUT2D eigenvalue weighted by atomic mass is 10.1. The van der Waals surface area contributed by atoms with Gasteiger partial charge in [0.2, 0.25) is 0 Å². The van der Waals surface area contributed by atoms with Gasteiger partial charge < -0.3 is 18.4 Å². The van der Waals surface area contributed by atoms with Crippen molar-refractivity contribution in [3.63, 3.8) is 0 Å². The van der Waals surface area contributed by atoms with Crippen LogP contribution in [0.15, 0.2) is 58.5 Å². The predicted octanol–water partition coefficient (Wildman–Crippen LogP) is 5.39. The zero-order valence-corrected chi connectivity index (χ0v) is 20.0. The second-order valence-electron chi connectivity index (χ2n) is 6.92. The molecule has 0 unspecified atom stereocenters. The van der Waals surface area contributed by atoms with Crippen LogP contribution in [-0.4, -0.2) is 52.2 Å². The van der Waals surface area contributed by atoms with Gasteiger partial charge in [-0.15, -0.1) is 0 Å². The number of nitrogens with zero attached hydrogens (tertiary/aromatic N) is 2. The van der Waals surface area contributed by atoms with Crippen molar-refractivity contribution in [2.75, 3.05) is 26.4 Å². The van der Waals surface area contributed by atoms with Crippen LogP contribution in [0.4, 0.5) is 5.69 Å². The smallest absolute Gasteiger partial charge is 0.500 e. The van der Waals surface area contributed by atoms with Crippen LogP contribution >= 0.6 is 0 Å². The first-order valence-electron chi connectivity index (χ1n) is 10.9. The zero-order chi connectivity index (χ0) is 22.5. The van der Waals surface area contributed by atoms with E-state index in [9.17, 15) is 5.11 Å². The minimum atomic E-state index is -2.60. The third-order valence-electron chi connectivity index (χ3n) is 4.66. The summed E-state index contributed by atoms with van der Waals surface area (Å²) in [5, 5.41) is 9.82. The Kier molecular flexibility index (Phi) is 10.6. The Labute approximate surface area is 187 Å². The van der Waals surface area contributed by atoms with Gasteiger partial charge in [0.15, 0.2) is 0 Å². The summed E-state index contributed by atoms with van der Waals surface area (Å²) in [5.41, 5.74) is 3.55. The molecule has 0 aromatic heterocycles. The SMILES string of the molecule is CCO[Si](CCCN=C(C)c1ccc(N=Cc2ccccc2O)cc1)(OCC)OCC. The summed E-state index contributed by atoms with van der Waals surface area (Å²) in [6, 6.07) is 15.8. The number of aromatic hydroxyl groups is 1. The molecule has 0 aliphatic heterocycles. The van der Waals surface area contributed by atoms with Crippen LogP contribution in [0.5, 0.6) is 5.75 Å². The molecule has 2 aromatic carbocycles. The third-order valence-corrected chi connectivity index (χ3v) is 7.81. The molecular formula is C24H34N2O4Si. The van der Waals surface area contributed by atoms with E-state index in [2.05, 4.69) is 4.99 Å². The Hall–Kier alpha value is -2.32. The molecule has 31 heavy (non-hydrogen) atoms. The van der Waals surface area contributed by atoms with Gasteiger partial charge in [0.25, 0.3) is 0 Å². The predicted molar refractivity (Wildman–Crippen MR) is 129 cm³/mol. The average Bonchev–Trinajstić information content (AvgIpc) is 2.77. The van der Waals surface area contributed by atoms with Crippen LogP contribution in [0, 0.1) is 0 Å². The number of phenolic OH excluding ortho intramolecular Hbond substituents is 1. The Morgan fingerprint density at radius 2 is 1.55 bits per heavy atom. The van der Waals surface area contributed by atoms with E-state index in [0.717, 1.165) is 29.4 Å². The Bertz CT molecular complexity index is 836. The van der Waals surface area contributed by atoms with Crippen molar-refractivity contribution in [2.24, 2.45) is 9.98 Å². The number of benzene rings is 2. The lowest BCUT2D eigenvalue weighted by Crippen LogP contribution is -2.46. The van der Waals surface area contributed by atoms with Crippen molar-refractivity contribution in [3.05, 3.63) is 59.7 Å². The molecule has 0 amide bonds. The highest BCUT2D eigenvalue weighted by Crippen LogP contribution is 2.19. The summed E-state index contributed by atoms with van der Waals surface area (Å²) in [6.45, 7) is 10.4. The highest BCUT2D eigenvalue weighted by molar-refractivity contribution is 6.60. The molecule has 7 heteroatoms. The van der Waals surface area contributed by atoms with Gasteiger partial charge in [-0.25, -0.2) is 0 Å². The molecule has 2 aromatic rings. The van der Waals surface area contributed by atoms with Gasteiger partial charge in [0.05, 0.1) is 5.69 Å². The van der Waals surface area contributed by atoms with Crippen LogP contribution in [0.2, 0.25) is 6.04 Å². The van der Waals surface area contributed by atoms with Gasteiger partial charge in [0, 0.05) is 49.9 Å². The number of phenols is 1. The molecule has 168 valence electrons. The molecule has 0 saturated carbocycles. The number of para-hydroxylation sites is 1. The molecule has 1 N–H and O–H groups in total. The van der Waals surface area contributed by atoms with E-state index < -0.39 is 8.80 Å². The van der Waals surface area contributed by atoms with Gasteiger partial charge in [-0.1, -0.05) is 24.3 Å². The van der Waals surface area contributed by atoms with Gasteiger partial charge in [-0.3, -0.25) is 9.98 Å². The van der Waals surface area contributed by atoms with Crippen molar-refractivity contribution in [3.8, 4) is 5.75 Å². The molecule has 0 bridgehead atoms. The van der Waals surface area contributed by atoms with Gasteiger partial charge >= 0.3 is 8.80 Å². The minimum Gasteiger partial charge on any atom is -0.507 e. The number of hydrogen-bond donors (Lipinski definition) is 1. The second kappa shape index (κ2) is 13.2. The molecule has 0 aliphatic rings. The van der Waals surface area contributed by atoms with Crippen LogP contribution < -0.4 is 0 Å². The average molecular weight is 443 g/mol. The molecular weight excluding hydrogens is 408 g/mol. The topological polar surface area (TPSA) is 72.6 Å². The summed E-state index contributed by atoms with van der Waals surface area (Å²) < 4.78 is 17.7. The monoisotopic (exact) mass is 442 g/mol. The van der Waals surface area contributed by atoms with Gasteiger partial charge in [-0.2, -0.15) is 0 Å². The molecule has 0 saturated heterocycles. The Morgan fingerprint density at radius 1 is 0.935 bits per heavy atom. The molecule has 0 atom stereocenters. The van der Waals surface area contributed by atoms with Crippen molar-refractivity contribution in [2.45, 2.75) is 40.2 Å². The largest absolute Gasteiger partial charge is 0.507 e. The highest BCUT2D eigenvalue weighted by Gasteiger charge is 2.39. The molecule has 0 heterocycles. The molecule has 2 rings (SSSR count). The fourth-order valence-electron chi connectivity index (χ4n) is 3.16. The second-order valence-corrected chi connectivity index (χ2v) is 9.65. The summed E-state index contributed by atoms with van der Waals surface area (Å²) in [4.78, 5) is 9.14. The number of hydrogen-bond acceptors (Lipinski definition) is 6. The fraction of sp³-hybridized carbons (Fsp3) is 0.417. The van der Waals surface area contributed by atoms with Gasteiger partial charge in [-0.05, 0) is 63.9 Å². The molecule has 0 fully saturated rings. The maximum Gasteiger partial charge on any atom is 0.500 e. The van der Waals surface area contributed by atoms with Crippen molar-refractivity contribution >= 4 is 26.4 Å². The lowest BCUT2D eigenvalue weighted by Gasteiger charge is -2.28.